The molecule has 2 N–H and O–H groups in total. The normalized spacial score (nSPS) is 26.3. The lowest BCUT2D eigenvalue weighted by molar-refractivity contribution is 0.126. The molecule has 82 valence electrons. The Morgan fingerprint density at radius 3 is 2.40 bits per heavy atom. The van der Waals surface area contributed by atoms with Crippen LogP contribution in [0.2, 0.25) is 0 Å². The second-order valence-electron chi connectivity index (χ2n) is 3.87. The molecule has 0 spiro atoms. The van der Waals surface area contributed by atoms with Crippen molar-refractivity contribution in [2.75, 3.05) is 5.32 Å². The third kappa shape index (κ3) is 3.14. The average Bonchev–Trinajstić information content (AvgIpc) is 2.25. The lowest BCUT2D eigenvalue weighted by Gasteiger charge is -2.25. The van der Waals surface area contributed by atoms with Gasteiger partial charge in [0.05, 0.1) is 10.6 Å². The summed E-state index contributed by atoms with van der Waals surface area (Å²) >= 11 is 3.29. The molecule has 4 nitrogen and oxygen atoms in total. The van der Waals surface area contributed by atoms with E-state index < -0.39 is 0 Å². The Labute approximate surface area is 97.3 Å². The van der Waals surface area contributed by atoms with Crippen molar-refractivity contribution >= 4 is 21.9 Å². The third-order valence-electron chi connectivity index (χ3n) is 2.65. The molecule has 0 atom stereocenters. The third-order valence-corrected chi connectivity index (χ3v) is 3.06. The first-order valence-electron chi connectivity index (χ1n) is 5.16. The van der Waals surface area contributed by atoms with Crippen molar-refractivity contribution in [2.45, 2.75) is 37.8 Å². The van der Waals surface area contributed by atoms with Gasteiger partial charge < -0.3 is 10.4 Å². The Morgan fingerprint density at radius 1 is 1.20 bits per heavy atom. The molecule has 1 aromatic rings. The Morgan fingerprint density at radius 2 is 1.80 bits per heavy atom. The molecule has 0 bridgehead atoms. The molecule has 0 amide bonds. The molecule has 1 aliphatic rings. The SMILES string of the molecule is O[C@H]1CC[C@H](Nc2ncc(Br)cn2)CC1. The van der Waals surface area contributed by atoms with Crippen molar-refractivity contribution in [1.29, 1.82) is 0 Å². The topological polar surface area (TPSA) is 58.0 Å². The maximum Gasteiger partial charge on any atom is 0.222 e. The maximum absolute atomic E-state index is 9.36. The van der Waals surface area contributed by atoms with Crippen LogP contribution in [0.15, 0.2) is 16.9 Å². The van der Waals surface area contributed by atoms with Crippen LogP contribution in [0.25, 0.3) is 0 Å². The van der Waals surface area contributed by atoms with Gasteiger partial charge in [0, 0.05) is 18.4 Å². The van der Waals surface area contributed by atoms with E-state index in [0.717, 1.165) is 30.2 Å². The first-order valence-corrected chi connectivity index (χ1v) is 5.95. The van der Waals surface area contributed by atoms with Crippen LogP contribution < -0.4 is 5.32 Å². The molecular formula is C10H14BrN3O. The minimum Gasteiger partial charge on any atom is -0.393 e. The minimum atomic E-state index is -0.117. The molecule has 0 aliphatic heterocycles. The summed E-state index contributed by atoms with van der Waals surface area (Å²) in [5, 5.41) is 12.6. The summed E-state index contributed by atoms with van der Waals surface area (Å²) in [6.45, 7) is 0. The molecule has 1 heterocycles. The molecule has 5 heteroatoms. The number of halogens is 1. The molecule has 0 unspecified atom stereocenters. The van der Waals surface area contributed by atoms with Crippen LogP contribution in [0.4, 0.5) is 5.95 Å². The summed E-state index contributed by atoms with van der Waals surface area (Å²) in [5.41, 5.74) is 0. The van der Waals surface area contributed by atoms with Crippen LogP contribution in [0.1, 0.15) is 25.7 Å². The molecule has 0 saturated heterocycles. The van der Waals surface area contributed by atoms with Gasteiger partial charge in [0.15, 0.2) is 0 Å². The Hall–Kier alpha value is -0.680. The largest absolute Gasteiger partial charge is 0.393 e. The van der Waals surface area contributed by atoms with Crippen molar-refractivity contribution in [3.8, 4) is 0 Å². The van der Waals surface area contributed by atoms with E-state index in [1.165, 1.54) is 0 Å². The predicted octanol–water partition coefficient (Wildman–Crippen LogP) is 1.95. The van der Waals surface area contributed by atoms with E-state index in [1.54, 1.807) is 12.4 Å². The number of hydrogen-bond donors (Lipinski definition) is 2. The Kier molecular flexibility index (Phi) is 3.53. The van der Waals surface area contributed by atoms with Crippen LogP contribution in [0.3, 0.4) is 0 Å². The molecule has 0 radical (unpaired) electrons. The summed E-state index contributed by atoms with van der Waals surface area (Å²) in [4.78, 5) is 8.32. The van der Waals surface area contributed by atoms with Gasteiger partial charge in [-0.25, -0.2) is 9.97 Å². The quantitative estimate of drug-likeness (QED) is 0.864. The van der Waals surface area contributed by atoms with Gasteiger partial charge in [0.2, 0.25) is 5.95 Å². The van der Waals surface area contributed by atoms with E-state index in [1.807, 2.05) is 0 Å². The van der Waals surface area contributed by atoms with Crippen LogP contribution in [-0.4, -0.2) is 27.2 Å². The average molecular weight is 272 g/mol. The van der Waals surface area contributed by atoms with Crippen molar-refractivity contribution in [1.82, 2.24) is 9.97 Å². The zero-order valence-corrected chi connectivity index (χ0v) is 9.94. The molecule has 1 saturated carbocycles. The number of rotatable bonds is 2. The van der Waals surface area contributed by atoms with Crippen LogP contribution in [-0.2, 0) is 0 Å². The molecular weight excluding hydrogens is 258 g/mol. The fourth-order valence-corrected chi connectivity index (χ4v) is 1.99. The molecule has 1 aliphatic carbocycles. The highest BCUT2D eigenvalue weighted by atomic mass is 79.9. The summed E-state index contributed by atoms with van der Waals surface area (Å²) in [6, 6.07) is 0.398. The lowest BCUT2D eigenvalue weighted by Crippen LogP contribution is -2.28. The number of nitrogens with one attached hydrogen (secondary N) is 1. The fourth-order valence-electron chi connectivity index (χ4n) is 1.79. The van der Waals surface area contributed by atoms with E-state index in [9.17, 15) is 5.11 Å². The number of aliphatic hydroxyl groups is 1. The summed E-state index contributed by atoms with van der Waals surface area (Å²) in [7, 11) is 0. The smallest absolute Gasteiger partial charge is 0.222 e. The highest BCUT2D eigenvalue weighted by Gasteiger charge is 2.19. The van der Waals surface area contributed by atoms with Gasteiger partial charge in [-0.15, -0.1) is 0 Å². The number of anilines is 1. The molecule has 0 aromatic carbocycles. The second kappa shape index (κ2) is 4.90. The van der Waals surface area contributed by atoms with Gasteiger partial charge in [-0.1, -0.05) is 0 Å². The van der Waals surface area contributed by atoms with Crippen molar-refractivity contribution in [2.24, 2.45) is 0 Å². The lowest BCUT2D eigenvalue weighted by atomic mass is 9.93. The highest BCUT2D eigenvalue weighted by molar-refractivity contribution is 9.10. The van der Waals surface area contributed by atoms with Gasteiger partial charge >= 0.3 is 0 Å². The van der Waals surface area contributed by atoms with E-state index in [4.69, 9.17) is 0 Å². The van der Waals surface area contributed by atoms with Crippen LogP contribution in [0, 0.1) is 0 Å². The number of aliphatic hydroxyl groups excluding tert-OH is 1. The van der Waals surface area contributed by atoms with Gasteiger partial charge in [0.1, 0.15) is 0 Å². The van der Waals surface area contributed by atoms with Gasteiger partial charge in [-0.3, -0.25) is 0 Å². The van der Waals surface area contributed by atoms with Crippen molar-refractivity contribution < 1.29 is 5.11 Å². The molecule has 1 aromatic heterocycles. The summed E-state index contributed by atoms with van der Waals surface area (Å²) in [5.74, 6) is 0.666. The van der Waals surface area contributed by atoms with Gasteiger partial charge in [-0.2, -0.15) is 0 Å². The summed E-state index contributed by atoms with van der Waals surface area (Å²) in [6.07, 6.45) is 7.05. The summed E-state index contributed by atoms with van der Waals surface area (Å²) < 4.78 is 0.882. The van der Waals surface area contributed by atoms with Gasteiger partial charge in [0.25, 0.3) is 0 Å². The highest BCUT2D eigenvalue weighted by Crippen LogP contribution is 2.20. The van der Waals surface area contributed by atoms with Gasteiger partial charge in [-0.05, 0) is 41.6 Å². The number of hydrogen-bond acceptors (Lipinski definition) is 4. The maximum atomic E-state index is 9.36. The number of aromatic nitrogens is 2. The van der Waals surface area contributed by atoms with Crippen LogP contribution in [0.5, 0.6) is 0 Å². The Bertz CT molecular complexity index is 309. The fraction of sp³-hybridized carbons (Fsp3) is 0.600. The van der Waals surface area contributed by atoms with E-state index in [2.05, 4.69) is 31.2 Å². The van der Waals surface area contributed by atoms with Crippen molar-refractivity contribution in [3.05, 3.63) is 16.9 Å². The zero-order valence-electron chi connectivity index (χ0n) is 8.36. The van der Waals surface area contributed by atoms with Crippen molar-refractivity contribution in [3.63, 3.8) is 0 Å². The minimum absolute atomic E-state index is 0.117. The molecule has 15 heavy (non-hydrogen) atoms. The van der Waals surface area contributed by atoms with E-state index in [0.29, 0.717) is 12.0 Å². The first-order chi connectivity index (χ1) is 7.24. The Balaban J connectivity index is 1.89. The molecule has 1 fully saturated rings. The first kappa shape index (κ1) is 10.8. The predicted molar refractivity (Wildman–Crippen MR) is 61.6 cm³/mol. The number of nitrogens with zero attached hydrogens (tertiary/aromatic N) is 2. The monoisotopic (exact) mass is 271 g/mol. The molecule has 2 rings (SSSR count). The second-order valence-corrected chi connectivity index (χ2v) is 4.79. The van der Waals surface area contributed by atoms with E-state index in [-0.39, 0.29) is 6.10 Å². The van der Waals surface area contributed by atoms with E-state index >= 15 is 0 Å². The van der Waals surface area contributed by atoms with Crippen LogP contribution >= 0.6 is 15.9 Å². The zero-order chi connectivity index (χ0) is 10.7. The standard InChI is InChI=1S/C10H14BrN3O/c11-7-5-12-10(13-6-7)14-8-1-3-9(15)4-2-8/h5-6,8-9,15H,1-4H2,(H,12,13,14)/t8-,9-.